The van der Waals surface area contributed by atoms with Crippen LogP contribution in [-0.4, -0.2) is 37.4 Å². The molecule has 0 aromatic rings. The maximum absolute atomic E-state index is 11.4. The highest BCUT2D eigenvalue weighted by Gasteiger charge is 2.61. The van der Waals surface area contributed by atoms with Gasteiger partial charge < -0.3 is 18.9 Å². The van der Waals surface area contributed by atoms with Gasteiger partial charge in [0.15, 0.2) is 19.2 Å². The number of carbonyl (C=O) groups excluding carboxylic acids is 1. The number of rotatable bonds is 1. The fourth-order valence-electron chi connectivity index (χ4n) is 3.00. The van der Waals surface area contributed by atoms with Crippen LogP contribution in [0.3, 0.4) is 0 Å². The van der Waals surface area contributed by atoms with Gasteiger partial charge in [0.05, 0.1) is 11.8 Å². The number of ether oxygens (including phenoxy) is 4. The molecule has 96 valence electrons. The summed E-state index contributed by atoms with van der Waals surface area (Å²) in [4.78, 5) is 11.4. The van der Waals surface area contributed by atoms with E-state index in [0.717, 1.165) is 0 Å². The zero-order valence-electron chi connectivity index (χ0n) is 10.3. The average Bonchev–Trinajstić information content (AvgIpc) is 2.59. The van der Waals surface area contributed by atoms with Crippen molar-refractivity contribution in [3.05, 3.63) is 0 Å². The Balaban J connectivity index is 1.96. The van der Waals surface area contributed by atoms with Crippen LogP contribution in [0.4, 0.5) is 0 Å². The largest absolute Gasteiger partial charge is 0.457 e. The van der Waals surface area contributed by atoms with Crippen molar-refractivity contribution in [3.63, 3.8) is 0 Å². The number of fused-ring (bicyclic) bond motifs is 4. The van der Waals surface area contributed by atoms with E-state index in [2.05, 4.69) is 20.8 Å². The molecule has 3 aliphatic heterocycles. The lowest BCUT2D eigenvalue weighted by Gasteiger charge is -2.54. The molecule has 0 saturated carbocycles. The van der Waals surface area contributed by atoms with Crippen LogP contribution in [0.5, 0.6) is 0 Å². The molecule has 3 saturated heterocycles. The third-order valence-electron chi connectivity index (χ3n) is 4.43. The number of esters is 1. The Morgan fingerprint density at radius 1 is 1.35 bits per heavy atom. The van der Waals surface area contributed by atoms with Gasteiger partial charge in [-0.25, -0.2) is 0 Å². The van der Waals surface area contributed by atoms with E-state index in [1.165, 1.54) is 0 Å². The Labute approximate surface area is 100 Å². The molecule has 0 aromatic heterocycles. The molecule has 0 N–H and O–H groups in total. The monoisotopic (exact) mass is 242 g/mol. The molecule has 17 heavy (non-hydrogen) atoms. The van der Waals surface area contributed by atoms with Gasteiger partial charge in [-0.15, -0.1) is 0 Å². The third-order valence-corrected chi connectivity index (χ3v) is 4.43. The Kier molecular flexibility index (Phi) is 2.47. The second-order valence-corrected chi connectivity index (χ2v) is 5.56. The van der Waals surface area contributed by atoms with Crippen molar-refractivity contribution in [2.45, 2.75) is 51.8 Å². The minimum atomic E-state index is -0.308. The van der Waals surface area contributed by atoms with Crippen LogP contribution in [0.15, 0.2) is 0 Å². The first-order chi connectivity index (χ1) is 8.03. The van der Waals surface area contributed by atoms with Crippen LogP contribution in [0.1, 0.15) is 27.2 Å². The summed E-state index contributed by atoms with van der Waals surface area (Å²) in [6, 6.07) is 0. The van der Waals surface area contributed by atoms with E-state index in [1.54, 1.807) is 0 Å². The zero-order chi connectivity index (χ0) is 12.2. The fraction of sp³-hybridized carbons (Fsp3) is 0.917. The topological polar surface area (TPSA) is 54.0 Å². The molecule has 2 bridgehead atoms. The summed E-state index contributed by atoms with van der Waals surface area (Å²) < 4.78 is 22.5. The Morgan fingerprint density at radius 2 is 2.12 bits per heavy atom. The molecule has 5 unspecified atom stereocenters. The van der Waals surface area contributed by atoms with E-state index in [0.29, 0.717) is 12.3 Å². The molecular weight excluding hydrogens is 224 g/mol. The Morgan fingerprint density at radius 3 is 2.82 bits per heavy atom. The van der Waals surface area contributed by atoms with Gasteiger partial charge >= 0.3 is 5.97 Å². The highest BCUT2D eigenvalue weighted by atomic mass is 16.8. The van der Waals surface area contributed by atoms with Crippen molar-refractivity contribution < 1.29 is 23.7 Å². The van der Waals surface area contributed by atoms with E-state index < -0.39 is 0 Å². The summed E-state index contributed by atoms with van der Waals surface area (Å²) >= 11 is 0. The standard InChI is InChI=1S/C12H18O5/c1-6(2)12(3)10-9-7(4-8(13)17-9)16-11(12)15-5-14-10/h6-7,9-11H,4-5H2,1-3H3. The summed E-state index contributed by atoms with van der Waals surface area (Å²) in [6.07, 6.45) is -0.637. The minimum absolute atomic E-state index is 0.133. The van der Waals surface area contributed by atoms with Crippen molar-refractivity contribution in [1.82, 2.24) is 0 Å². The Bertz CT molecular complexity index is 342. The average molecular weight is 242 g/mol. The van der Waals surface area contributed by atoms with Crippen LogP contribution in [0, 0.1) is 11.3 Å². The van der Waals surface area contributed by atoms with Gasteiger partial charge in [-0.05, 0) is 5.92 Å². The minimum Gasteiger partial charge on any atom is -0.457 e. The zero-order valence-corrected chi connectivity index (χ0v) is 10.3. The van der Waals surface area contributed by atoms with E-state index >= 15 is 0 Å². The molecular formula is C12H18O5. The van der Waals surface area contributed by atoms with Gasteiger partial charge in [-0.2, -0.15) is 0 Å². The van der Waals surface area contributed by atoms with E-state index in [1.807, 2.05) is 0 Å². The summed E-state index contributed by atoms with van der Waals surface area (Å²) in [5, 5.41) is 0. The van der Waals surface area contributed by atoms with Gasteiger partial charge in [0.1, 0.15) is 12.2 Å². The molecule has 0 radical (unpaired) electrons. The second-order valence-electron chi connectivity index (χ2n) is 5.56. The molecule has 0 aliphatic carbocycles. The molecule has 3 heterocycles. The lowest BCUT2D eigenvalue weighted by molar-refractivity contribution is -0.387. The number of hydrogen-bond acceptors (Lipinski definition) is 5. The van der Waals surface area contributed by atoms with Crippen molar-refractivity contribution >= 4 is 5.97 Å². The lowest BCUT2D eigenvalue weighted by Crippen LogP contribution is -2.65. The maximum atomic E-state index is 11.4. The van der Waals surface area contributed by atoms with Crippen LogP contribution >= 0.6 is 0 Å². The van der Waals surface area contributed by atoms with Crippen LogP contribution in [0.2, 0.25) is 0 Å². The number of carbonyl (C=O) groups is 1. The quantitative estimate of drug-likeness (QED) is 0.644. The van der Waals surface area contributed by atoms with Gasteiger partial charge in [0.25, 0.3) is 0 Å². The van der Waals surface area contributed by atoms with E-state index in [4.69, 9.17) is 18.9 Å². The van der Waals surface area contributed by atoms with E-state index in [-0.39, 0.29) is 42.8 Å². The first-order valence-electron chi connectivity index (χ1n) is 6.11. The molecule has 0 amide bonds. The first-order valence-corrected chi connectivity index (χ1v) is 6.11. The number of hydrogen-bond donors (Lipinski definition) is 0. The highest BCUT2D eigenvalue weighted by molar-refractivity contribution is 5.72. The maximum Gasteiger partial charge on any atom is 0.309 e. The van der Waals surface area contributed by atoms with Gasteiger partial charge in [0, 0.05) is 0 Å². The van der Waals surface area contributed by atoms with Gasteiger partial charge in [-0.1, -0.05) is 20.8 Å². The molecule has 5 heteroatoms. The third kappa shape index (κ3) is 1.46. The highest BCUT2D eigenvalue weighted by Crippen LogP contribution is 2.49. The Hall–Kier alpha value is -0.650. The summed E-state index contributed by atoms with van der Waals surface area (Å²) in [7, 11) is 0. The van der Waals surface area contributed by atoms with Crippen molar-refractivity contribution in [3.8, 4) is 0 Å². The van der Waals surface area contributed by atoms with E-state index in [9.17, 15) is 4.79 Å². The predicted octanol–water partition coefficient (Wildman–Crippen LogP) is 1.06. The lowest BCUT2D eigenvalue weighted by atomic mass is 9.69. The second kappa shape index (κ2) is 3.67. The fourth-order valence-corrected chi connectivity index (χ4v) is 3.00. The van der Waals surface area contributed by atoms with Crippen molar-refractivity contribution in [2.24, 2.45) is 11.3 Å². The summed E-state index contributed by atoms with van der Waals surface area (Å²) in [5.41, 5.74) is -0.274. The van der Waals surface area contributed by atoms with Crippen LogP contribution in [-0.2, 0) is 23.7 Å². The summed E-state index contributed by atoms with van der Waals surface area (Å²) in [5.74, 6) is 0.111. The molecule has 0 spiro atoms. The molecule has 5 atom stereocenters. The first kappa shape index (κ1) is 11.4. The molecule has 3 aliphatic rings. The summed E-state index contributed by atoms with van der Waals surface area (Å²) in [6.45, 7) is 6.50. The predicted molar refractivity (Wildman–Crippen MR) is 56.9 cm³/mol. The van der Waals surface area contributed by atoms with Crippen molar-refractivity contribution in [2.75, 3.05) is 6.79 Å². The molecule has 5 nitrogen and oxygen atoms in total. The van der Waals surface area contributed by atoms with Crippen LogP contribution < -0.4 is 0 Å². The smallest absolute Gasteiger partial charge is 0.309 e. The normalized spacial score (nSPS) is 49.1. The molecule has 3 fully saturated rings. The van der Waals surface area contributed by atoms with Crippen LogP contribution in [0.25, 0.3) is 0 Å². The SMILES string of the molecule is CC(C)C1(C)C2OCOC1C1OC(=O)CC1O2. The van der Waals surface area contributed by atoms with Crippen molar-refractivity contribution in [1.29, 1.82) is 0 Å². The van der Waals surface area contributed by atoms with Gasteiger partial charge in [0.2, 0.25) is 0 Å². The molecule has 3 rings (SSSR count). The van der Waals surface area contributed by atoms with Gasteiger partial charge in [-0.3, -0.25) is 4.79 Å². The molecule has 0 aromatic carbocycles.